The number of rotatable bonds is 6. The Morgan fingerprint density at radius 1 is 1.07 bits per heavy atom. The minimum atomic E-state index is 0.483. The molecule has 0 radical (unpaired) electrons. The van der Waals surface area contributed by atoms with E-state index in [-0.39, 0.29) is 0 Å². The third kappa shape index (κ3) is 4.26. The molecule has 1 aliphatic heterocycles. The van der Waals surface area contributed by atoms with Crippen LogP contribution in [0.25, 0.3) is 10.8 Å². The molecule has 4 rings (SSSR count). The minimum absolute atomic E-state index is 0.483. The van der Waals surface area contributed by atoms with E-state index < -0.39 is 0 Å². The highest BCUT2D eigenvalue weighted by Gasteiger charge is 2.23. The Morgan fingerprint density at radius 2 is 2.00 bits per heavy atom. The van der Waals surface area contributed by atoms with E-state index in [1.807, 2.05) is 42.7 Å². The highest BCUT2D eigenvalue weighted by Crippen LogP contribution is 2.33. The van der Waals surface area contributed by atoms with Crippen molar-refractivity contribution in [3.8, 4) is 5.75 Å². The van der Waals surface area contributed by atoms with E-state index >= 15 is 0 Å². The summed E-state index contributed by atoms with van der Waals surface area (Å²) in [7, 11) is 0. The van der Waals surface area contributed by atoms with Crippen molar-refractivity contribution in [1.82, 2.24) is 9.88 Å². The van der Waals surface area contributed by atoms with Crippen LogP contribution in [0.3, 0.4) is 0 Å². The molecule has 0 amide bonds. The Morgan fingerprint density at radius 3 is 2.89 bits per heavy atom. The largest absolute Gasteiger partial charge is 0.492 e. The van der Waals surface area contributed by atoms with E-state index in [0.717, 1.165) is 36.0 Å². The number of ether oxygens (including phenoxy) is 1. The quantitative estimate of drug-likeness (QED) is 0.499. The van der Waals surface area contributed by atoms with Gasteiger partial charge in [-0.15, -0.1) is 0 Å². The van der Waals surface area contributed by atoms with Gasteiger partial charge in [0.05, 0.1) is 11.6 Å². The fourth-order valence-electron chi connectivity index (χ4n) is 3.98. The number of aromatic nitrogens is 1. The van der Waals surface area contributed by atoms with Crippen LogP contribution in [-0.4, -0.2) is 29.6 Å². The van der Waals surface area contributed by atoms with Gasteiger partial charge in [-0.2, -0.15) is 0 Å². The number of benzene rings is 2. The van der Waals surface area contributed by atoms with Gasteiger partial charge < -0.3 is 4.74 Å². The van der Waals surface area contributed by atoms with Gasteiger partial charge in [-0.05, 0) is 48.9 Å². The zero-order valence-corrected chi connectivity index (χ0v) is 16.2. The summed E-state index contributed by atoms with van der Waals surface area (Å²) in [6, 6.07) is 16.9. The standard InChI is InChI=1S/C23H25ClN2O/c24-23-20-9-2-1-7-18(20)11-12-22(23)27-16-6-15-26-14-4-3-10-21(26)19-8-5-13-25-17-19/h1-2,5,7-9,11-13,17,21H,3-4,6,10,14-16H2/t21-/m0/s1. The topological polar surface area (TPSA) is 25.4 Å². The highest BCUT2D eigenvalue weighted by molar-refractivity contribution is 6.37. The predicted octanol–water partition coefficient (Wildman–Crippen LogP) is 5.88. The summed E-state index contributed by atoms with van der Waals surface area (Å²) in [5.74, 6) is 0.776. The van der Waals surface area contributed by atoms with Gasteiger partial charge in [0.1, 0.15) is 5.75 Å². The maximum atomic E-state index is 6.53. The average molecular weight is 381 g/mol. The zero-order chi connectivity index (χ0) is 18.5. The lowest BCUT2D eigenvalue weighted by molar-refractivity contribution is 0.137. The molecule has 0 N–H and O–H groups in total. The lowest BCUT2D eigenvalue weighted by Crippen LogP contribution is -2.34. The first-order valence-corrected chi connectivity index (χ1v) is 10.1. The lowest BCUT2D eigenvalue weighted by atomic mass is 9.96. The van der Waals surface area contributed by atoms with Gasteiger partial charge in [-0.3, -0.25) is 9.88 Å². The van der Waals surface area contributed by atoms with E-state index in [9.17, 15) is 0 Å². The summed E-state index contributed by atoms with van der Waals surface area (Å²) < 4.78 is 6.01. The monoisotopic (exact) mass is 380 g/mol. The number of hydrogen-bond acceptors (Lipinski definition) is 3. The molecule has 1 saturated heterocycles. The number of likely N-dealkylation sites (tertiary alicyclic amines) is 1. The average Bonchev–Trinajstić information content (AvgIpc) is 2.74. The predicted molar refractivity (Wildman–Crippen MR) is 111 cm³/mol. The second-order valence-corrected chi connectivity index (χ2v) is 7.51. The molecule has 1 aliphatic rings. The number of pyridine rings is 1. The van der Waals surface area contributed by atoms with Crippen LogP contribution >= 0.6 is 11.6 Å². The minimum Gasteiger partial charge on any atom is -0.492 e. The van der Waals surface area contributed by atoms with Crippen molar-refractivity contribution in [2.75, 3.05) is 19.7 Å². The molecule has 2 aromatic carbocycles. The summed E-state index contributed by atoms with van der Waals surface area (Å²) in [5, 5.41) is 2.89. The van der Waals surface area contributed by atoms with Crippen LogP contribution in [0.1, 0.15) is 37.3 Å². The van der Waals surface area contributed by atoms with E-state index in [0.29, 0.717) is 17.7 Å². The summed E-state index contributed by atoms with van der Waals surface area (Å²) in [6.07, 6.45) is 8.61. The SMILES string of the molecule is Clc1c(OCCCN2CCCC[C@H]2c2cccnc2)ccc2ccccc12. The van der Waals surface area contributed by atoms with Gasteiger partial charge in [-0.1, -0.05) is 54.4 Å². The second-order valence-electron chi connectivity index (χ2n) is 7.13. The summed E-state index contributed by atoms with van der Waals surface area (Å²) >= 11 is 6.53. The normalized spacial score (nSPS) is 17.9. The van der Waals surface area contributed by atoms with E-state index in [1.165, 1.54) is 24.8 Å². The lowest BCUT2D eigenvalue weighted by Gasteiger charge is -2.35. The van der Waals surface area contributed by atoms with Crippen LogP contribution in [0.15, 0.2) is 60.9 Å². The van der Waals surface area contributed by atoms with Crippen molar-refractivity contribution in [3.05, 3.63) is 71.5 Å². The highest BCUT2D eigenvalue weighted by atomic mass is 35.5. The molecule has 0 saturated carbocycles. The zero-order valence-electron chi connectivity index (χ0n) is 15.5. The molecule has 1 aromatic heterocycles. The number of halogens is 1. The van der Waals surface area contributed by atoms with Crippen LogP contribution in [0.4, 0.5) is 0 Å². The third-order valence-corrected chi connectivity index (χ3v) is 5.75. The molecule has 0 spiro atoms. The van der Waals surface area contributed by atoms with Gasteiger partial charge in [0.15, 0.2) is 0 Å². The van der Waals surface area contributed by atoms with Crippen LogP contribution in [0, 0.1) is 0 Å². The molecule has 140 valence electrons. The van der Waals surface area contributed by atoms with Crippen molar-refractivity contribution >= 4 is 22.4 Å². The van der Waals surface area contributed by atoms with Gasteiger partial charge in [0, 0.05) is 30.4 Å². The van der Waals surface area contributed by atoms with Crippen LogP contribution < -0.4 is 4.74 Å². The molecule has 1 atom stereocenters. The molecule has 1 fully saturated rings. The fraction of sp³-hybridized carbons (Fsp3) is 0.348. The second kappa shape index (κ2) is 8.73. The van der Waals surface area contributed by atoms with Crippen LogP contribution in [0.2, 0.25) is 5.02 Å². The summed E-state index contributed by atoms with van der Waals surface area (Å²) in [5.41, 5.74) is 1.33. The van der Waals surface area contributed by atoms with Crippen molar-refractivity contribution < 1.29 is 4.74 Å². The smallest absolute Gasteiger partial charge is 0.138 e. The molecule has 4 heteroatoms. The third-order valence-electron chi connectivity index (χ3n) is 5.36. The molecule has 3 nitrogen and oxygen atoms in total. The number of nitrogens with zero attached hydrogens (tertiary/aromatic N) is 2. The van der Waals surface area contributed by atoms with Gasteiger partial charge in [0.2, 0.25) is 0 Å². The Labute approximate surface area is 165 Å². The maximum absolute atomic E-state index is 6.53. The summed E-state index contributed by atoms with van der Waals surface area (Å²) in [4.78, 5) is 6.87. The van der Waals surface area contributed by atoms with E-state index in [2.05, 4.69) is 28.1 Å². The molecule has 3 aromatic rings. The Bertz CT molecular complexity index is 884. The Kier molecular flexibility index (Phi) is 5.90. The molecular weight excluding hydrogens is 356 g/mol. The van der Waals surface area contributed by atoms with E-state index in [4.69, 9.17) is 16.3 Å². The van der Waals surface area contributed by atoms with Gasteiger partial charge in [-0.25, -0.2) is 0 Å². The van der Waals surface area contributed by atoms with Gasteiger partial charge in [0.25, 0.3) is 0 Å². The molecule has 0 aliphatic carbocycles. The molecule has 2 heterocycles. The van der Waals surface area contributed by atoms with Crippen LogP contribution in [0.5, 0.6) is 5.75 Å². The van der Waals surface area contributed by atoms with Crippen molar-refractivity contribution in [3.63, 3.8) is 0 Å². The van der Waals surface area contributed by atoms with Crippen molar-refractivity contribution in [1.29, 1.82) is 0 Å². The first kappa shape index (κ1) is 18.3. The maximum Gasteiger partial charge on any atom is 0.138 e. The molecule has 0 unspecified atom stereocenters. The Balaban J connectivity index is 1.35. The van der Waals surface area contributed by atoms with Crippen LogP contribution in [-0.2, 0) is 0 Å². The fourth-order valence-corrected chi connectivity index (χ4v) is 4.27. The van der Waals surface area contributed by atoms with Crippen molar-refractivity contribution in [2.24, 2.45) is 0 Å². The summed E-state index contributed by atoms with van der Waals surface area (Å²) in [6.45, 7) is 2.86. The molecule has 27 heavy (non-hydrogen) atoms. The number of piperidine rings is 1. The van der Waals surface area contributed by atoms with E-state index in [1.54, 1.807) is 0 Å². The van der Waals surface area contributed by atoms with Crippen molar-refractivity contribution in [2.45, 2.75) is 31.7 Å². The first-order chi connectivity index (χ1) is 13.3. The molecule has 0 bridgehead atoms. The number of hydrogen-bond donors (Lipinski definition) is 0. The Hall–Kier alpha value is -2.10. The molecular formula is C23H25ClN2O. The number of fused-ring (bicyclic) bond motifs is 1. The van der Waals surface area contributed by atoms with Gasteiger partial charge >= 0.3 is 0 Å². The first-order valence-electron chi connectivity index (χ1n) is 9.77.